The van der Waals surface area contributed by atoms with Crippen LogP contribution in [0.2, 0.25) is 0 Å². The predicted molar refractivity (Wildman–Crippen MR) is 68.0 cm³/mol. The van der Waals surface area contributed by atoms with E-state index >= 15 is 0 Å². The summed E-state index contributed by atoms with van der Waals surface area (Å²) in [6.45, 7) is 3.38. The summed E-state index contributed by atoms with van der Waals surface area (Å²) in [4.78, 5) is 15.7. The molecule has 1 amide bonds. The van der Waals surface area contributed by atoms with Crippen LogP contribution in [0.1, 0.15) is 19.8 Å². The minimum atomic E-state index is -0.517. The van der Waals surface area contributed by atoms with Crippen molar-refractivity contribution in [3.05, 3.63) is 0 Å². The van der Waals surface area contributed by atoms with E-state index in [9.17, 15) is 4.79 Å². The number of hydrogen-bond acceptors (Lipinski definition) is 4. The molecule has 0 saturated carbocycles. The molecule has 0 aromatic heterocycles. The summed E-state index contributed by atoms with van der Waals surface area (Å²) in [6.07, 6.45) is 1.41. The lowest BCUT2D eigenvalue weighted by Crippen LogP contribution is -2.42. The minimum absolute atomic E-state index is 0.00597. The van der Waals surface area contributed by atoms with Crippen LogP contribution in [0.15, 0.2) is 5.16 Å². The maximum Gasteiger partial charge on any atom is 0.233 e. The van der Waals surface area contributed by atoms with E-state index < -0.39 is 5.92 Å². The van der Waals surface area contributed by atoms with Gasteiger partial charge in [-0.3, -0.25) is 4.79 Å². The van der Waals surface area contributed by atoms with Crippen molar-refractivity contribution in [2.24, 2.45) is 16.8 Å². The van der Waals surface area contributed by atoms with Crippen molar-refractivity contribution < 1.29 is 10.0 Å². The van der Waals surface area contributed by atoms with Crippen molar-refractivity contribution in [1.82, 2.24) is 9.80 Å². The Morgan fingerprint density at radius 3 is 2.35 bits per heavy atom. The zero-order valence-electron chi connectivity index (χ0n) is 11.2. The quantitative estimate of drug-likeness (QED) is 0.289. The molecule has 0 aromatic carbocycles. The third-order valence-corrected chi connectivity index (χ3v) is 2.61. The van der Waals surface area contributed by atoms with Crippen molar-refractivity contribution in [3.8, 4) is 0 Å². The SMILES string of the molecule is CCCC(C(=O)N(C)CCN(C)C)C(N)=NO. The van der Waals surface area contributed by atoms with Crippen LogP contribution in [0.4, 0.5) is 0 Å². The molecule has 0 aliphatic rings. The number of hydrogen-bond donors (Lipinski definition) is 2. The van der Waals surface area contributed by atoms with Crippen molar-refractivity contribution >= 4 is 11.7 Å². The van der Waals surface area contributed by atoms with Crippen molar-refractivity contribution in [2.75, 3.05) is 34.2 Å². The number of oxime groups is 1. The van der Waals surface area contributed by atoms with Crippen LogP contribution in [0.5, 0.6) is 0 Å². The molecule has 6 heteroatoms. The van der Waals surface area contributed by atoms with E-state index in [1.54, 1.807) is 11.9 Å². The van der Waals surface area contributed by atoms with Gasteiger partial charge in [0, 0.05) is 20.1 Å². The van der Waals surface area contributed by atoms with Crippen molar-refractivity contribution in [2.45, 2.75) is 19.8 Å². The highest BCUT2D eigenvalue weighted by atomic mass is 16.4. The first-order chi connectivity index (χ1) is 7.93. The Hall–Kier alpha value is -1.30. The molecule has 1 unspecified atom stereocenters. The molecule has 0 saturated heterocycles. The predicted octanol–water partition coefficient (Wildman–Crippen LogP) is 0.169. The molecule has 6 nitrogen and oxygen atoms in total. The van der Waals surface area contributed by atoms with Crippen LogP contribution < -0.4 is 5.73 Å². The molecular formula is C11H24N4O2. The summed E-state index contributed by atoms with van der Waals surface area (Å²) < 4.78 is 0. The number of carbonyl (C=O) groups excluding carboxylic acids is 1. The zero-order valence-corrected chi connectivity index (χ0v) is 11.2. The van der Waals surface area contributed by atoms with Gasteiger partial charge in [0.15, 0.2) is 5.84 Å². The average molecular weight is 244 g/mol. The second kappa shape index (κ2) is 7.89. The molecule has 0 aliphatic heterocycles. The molecule has 0 spiro atoms. The highest BCUT2D eigenvalue weighted by Gasteiger charge is 2.25. The van der Waals surface area contributed by atoms with E-state index in [-0.39, 0.29) is 11.7 Å². The van der Waals surface area contributed by atoms with Gasteiger partial charge in [-0.05, 0) is 20.5 Å². The second-order valence-corrected chi connectivity index (χ2v) is 4.43. The van der Waals surface area contributed by atoms with Gasteiger partial charge in [-0.15, -0.1) is 0 Å². The molecule has 1 atom stereocenters. The summed E-state index contributed by atoms with van der Waals surface area (Å²) >= 11 is 0. The fourth-order valence-corrected chi connectivity index (χ4v) is 1.48. The smallest absolute Gasteiger partial charge is 0.233 e. The topological polar surface area (TPSA) is 82.2 Å². The molecule has 17 heavy (non-hydrogen) atoms. The van der Waals surface area contributed by atoms with Gasteiger partial charge in [-0.1, -0.05) is 18.5 Å². The zero-order chi connectivity index (χ0) is 13.4. The number of amidine groups is 1. The highest BCUT2D eigenvalue weighted by Crippen LogP contribution is 2.10. The first kappa shape index (κ1) is 15.7. The first-order valence-electron chi connectivity index (χ1n) is 5.81. The lowest BCUT2D eigenvalue weighted by molar-refractivity contribution is -0.132. The molecule has 0 bridgehead atoms. The van der Waals surface area contributed by atoms with Crippen LogP contribution >= 0.6 is 0 Å². The van der Waals surface area contributed by atoms with E-state index in [1.165, 1.54) is 0 Å². The molecule has 0 aliphatic carbocycles. The van der Waals surface area contributed by atoms with Gasteiger partial charge in [0.1, 0.15) is 0 Å². The van der Waals surface area contributed by atoms with Gasteiger partial charge in [-0.25, -0.2) is 0 Å². The Balaban J connectivity index is 4.49. The van der Waals surface area contributed by atoms with E-state index in [4.69, 9.17) is 10.9 Å². The van der Waals surface area contributed by atoms with E-state index in [0.717, 1.165) is 13.0 Å². The van der Waals surface area contributed by atoms with E-state index in [0.29, 0.717) is 13.0 Å². The lowest BCUT2D eigenvalue weighted by Gasteiger charge is -2.24. The fourth-order valence-electron chi connectivity index (χ4n) is 1.48. The molecule has 0 radical (unpaired) electrons. The maximum absolute atomic E-state index is 12.1. The van der Waals surface area contributed by atoms with Gasteiger partial charge >= 0.3 is 0 Å². The number of amides is 1. The summed E-state index contributed by atoms with van der Waals surface area (Å²) in [7, 11) is 5.63. The monoisotopic (exact) mass is 244 g/mol. The van der Waals surface area contributed by atoms with E-state index in [2.05, 4.69) is 5.16 Å². The maximum atomic E-state index is 12.1. The van der Waals surface area contributed by atoms with Gasteiger partial charge in [0.2, 0.25) is 5.91 Å². The van der Waals surface area contributed by atoms with Gasteiger partial charge in [0.25, 0.3) is 0 Å². The molecule has 0 aromatic rings. The second-order valence-electron chi connectivity index (χ2n) is 4.43. The summed E-state index contributed by atoms with van der Waals surface area (Å²) in [5.74, 6) is -0.616. The Kier molecular flexibility index (Phi) is 7.29. The average Bonchev–Trinajstić information content (AvgIpc) is 2.31. The fraction of sp³-hybridized carbons (Fsp3) is 0.818. The number of likely N-dealkylation sites (N-methyl/N-ethyl adjacent to an activating group) is 2. The summed E-state index contributed by atoms with van der Waals surface area (Å²) in [5, 5.41) is 11.6. The Morgan fingerprint density at radius 2 is 1.94 bits per heavy atom. The van der Waals surface area contributed by atoms with Gasteiger partial charge in [-0.2, -0.15) is 0 Å². The van der Waals surface area contributed by atoms with Crippen LogP contribution in [0.3, 0.4) is 0 Å². The van der Waals surface area contributed by atoms with Gasteiger partial charge in [0.05, 0.1) is 5.92 Å². The lowest BCUT2D eigenvalue weighted by atomic mass is 10.0. The molecule has 0 heterocycles. The van der Waals surface area contributed by atoms with Crippen LogP contribution in [0, 0.1) is 5.92 Å². The molecule has 100 valence electrons. The van der Waals surface area contributed by atoms with Crippen molar-refractivity contribution in [1.29, 1.82) is 0 Å². The number of nitrogens with two attached hydrogens (primary N) is 1. The van der Waals surface area contributed by atoms with Crippen LogP contribution in [-0.4, -0.2) is 61.0 Å². The van der Waals surface area contributed by atoms with Gasteiger partial charge < -0.3 is 20.7 Å². The Bertz CT molecular complexity index is 266. The molecule has 3 N–H and O–H groups in total. The Morgan fingerprint density at radius 1 is 1.35 bits per heavy atom. The first-order valence-corrected chi connectivity index (χ1v) is 5.81. The van der Waals surface area contributed by atoms with Crippen molar-refractivity contribution in [3.63, 3.8) is 0 Å². The standard InChI is InChI=1S/C11H24N4O2/c1-5-6-9(10(12)13-17)11(16)15(4)8-7-14(2)3/h9,17H,5-8H2,1-4H3,(H2,12,13). The number of rotatable bonds is 7. The highest BCUT2D eigenvalue weighted by molar-refractivity contribution is 6.01. The third kappa shape index (κ3) is 5.53. The van der Waals surface area contributed by atoms with E-state index in [1.807, 2.05) is 25.9 Å². The number of carbonyl (C=O) groups is 1. The third-order valence-electron chi connectivity index (χ3n) is 2.61. The van der Waals surface area contributed by atoms with Crippen LogP contribution in [-0.2, 0) is 4.79 Å². The molecule has 0 rings (SSSR count). The summed E-state index contributed by atoms with van der Waals surface area (Å²) in [6, 6.07) is 0. The largest absolute Gasteiger partial charge is 0.409 e. The summed E-state index contributed by atoms with van der Waals surface area (Å²) in [5.41, 5.74) is 5.54. The Labute approximate surface area is 103 Å². The normalized spacial score (nSPS) is 13.8. The van der Waals surface area contributed by atoms with Crippen LogP contribution in [0.25, 0.3) is 0 Å². The molecular weight excluding hydrogens is 220 g/mol. The number of nitrogens with zero attached hydrogens (tertiary/aromatic N) is 3. The molecule has 0 fully saturated rings. The minimum Gasteiger partial charge on any atom is -0.409 e.